The van der Waals surface area contributed by atoms with Gasteiger partial charge in [0.2, 0.25) is 10.0 Å². The molecule has 3 aromatic carbocycles. The monoisotopic (exact) mass is 397 g/mol. The average molecular weight is 397 g/mol. The van der Waals surface area contributed by atoms with Gasteiger partial charge in [-0.3, -0.25) is 4.72 Å². The van der Waals surface area contributed by atoms with Gasteiger partial charge in [-0.25, -0.2) is 17.5 Å². The van der Waals surface area contributed by atoms with Crippen molar-refractivity contribution in [3.8, 4) is 22.6 Å². The smallest absolute Gasteiger partial charge is 0.229 e. The molecule has 0 unspecified atom stereocenters. The van der Waals surface area contributed by atoms with Crippen molar-refractivity contribution in [2.24, 2.45) is 0 Å². The second-order valence-electron chi connectivity index (χ2n) is 6.42. The van der Waals surface area contributed by atoms with Gasteiger partial charge in [-0.15, -0.1) is 0 Å². The molecule has 2 N–H and O–H groups in total. The summed E-state index contributed by atoms with van der Waals surface area (Å²) in [6, 6.07) is 17.2. The molecular weight excluding hydrogens is 381 g/mol. The molecule has 0 atom stereocenters. The fourth-order valence-corrected chi connectivity index (χ4v) is 3.55. The highest BCUT2D eigenvalue weighted by atomic mass is 32.2. The molecule has 0 spiro atoms. The van der Waals surface area contributed by atoms with E-state index in [2.05, 4.69) is 9.82 Å². The first-order valence-corrected chi connectivity index (χ1v) is 10.2. The molecule has 8 heteroatoms. The van der Waals surface area contributed by atoms with Gasteiger partial charge in [0.25, 0.3) is 0 Å². The second-order valence-corrected chi connectivity index (χ2v) is 8.17. The van der Waals surface area contributed by atoms with Crippen LogP contribution in [0.25, 0.3) is 27.7 Å². The lowest BCUT2D eigenvalue weighted by atomic mass is 10.1. The summed E-state index contributed by atoms with van der Waals surface area (Å²) in [6.45, 7) is 0. The predicted molar refractivity (Wildman–Crippen MR) is 107 cm³/mol. The van der Waals surface area contributed by atoms with Gasteiger partial charge in [-0.05, 0) is 41.5 Å². The van der Waals surface area contributed by atoms with Crippen molar-refractivity contribution in [2.75, 3.05) is 11.0 Å². The number of fused-ring (bicyclic) bond motifs is 1. The Kier molecular flexibility index (Phi) is 4.27. The molecule has 0 saturated heterocycles. The van der Waals surface area contributed by atoms with Gasteiger partial charge in [-0.1, -0.05) is 24.3 Å². The van der Waals surface area contributed by atoms with Crippen LogP contribution in [0.5, 0.6) is 5.75 Å². The zero-order chi connectivity index (χ0) is 19.9. The van der Waals surface area contributed by atoms with Crippen molar-refractivity contribution < 1.29 is 17.9 Å². The number of aromatic nitrogens is 2. The fourth-order valence-electron chi connectivity index (χ4n) is 2.98. The maximum absolute atomic E-state index is 13.5. The number of rotatable bonds is 4. The van der Waals surface area contributed by atoms with E-state index in [0.29, 0.717) is 16.6 Å². The number of benzene rings is 3. The van der Waals surface area contributed by atoms with Crippen LogP contribution in [0.3, 0.4) is 0 Å². The fraction of sp³-hybridized carbons (Fsp3) is 0.0500. The third-order valence-corrected chi connectivity index (χ3v) is 4.88. The number of nitrogens with zero attached hydrogens (tertiary/aromatic N) is 2. The van der Waals surface area contributed by atoms with Crippen LogP contribution in [-0.2, 0) is 10.0 Å². The summed E-state index contributed by atoms with van der Waals surface area (Å²) < 4.78 is 40.1. The number of nitrogens with one attached hydrogen (secondary N) is 1. The van der Waals surface area contributed by atoms with E-state index >= 15 is 0 Å². The summed E-state index contributed by atoms with van der Waals surface area (Å²) in [5, 5.41) is 14.5. The summed E-state index contributed by atoms with van der Waals surface area (Å²) >= 11 is 0. The zero-order valence-electron chi connectivity index (χ0n) is 14.8. The molecule has 0 aliphatic rings. The predicted octanol–water partition coefficient (Wildman–Crippen LogP) is 3.91. The Balaban J connectivity index is 1.63. The number of hydrogen-bond acceptors (Lipinski definition) is 4. The lowest BCUT2D eigenvalue weighted by molar-refractivity contribution is 0.433. The van der Waals surface area contributed by atoms with Gasteiger partial charge in [-0.2, -0.15) is 5.10 Å². The summed E-state index contributed by atoms with van der Waals surface area (Å²) in [5.74, 6) is -1.11. The SMILES string of the molecule is CS(=O)(=O)Nc1ccc(-c2ccc(-n3ncc4cc(F)c(O)cc43)cc2)cc1. The molecule has 0 saturated carbocycles. The highest BCUT2D eigenvalue weighted by Crippen LogP contribution is 2.27. The average Bonchev–Trinajstić information content (AvgIpc) is 3.04. The Hall–Kier alpha value is -3.39. The van der Waals surface area contributed by atoms with Crippen molar-refractivity contribution in [3.63, 3.8) is 0 Å². The molecule has 0 bridgehead atoms. The van der Waals surface area contributed by atoms with E-state index in [4.69, 9.17) is 0 Å². The number of halogens is 1. The minimum Gasteiger partial charge on any atom is -0.505 e. The third-order valence-electron chi connectivity index (χ3n) is 4.27. The van der Waals surface area contributed by atoms with Gasteiger partial charge in [0.1, 0.15) is 0 Å². The molecule has 6 nitrogen and oxygen atoms in total. The molecule has 28 heavy (non-hydrogen) atoms. The number of phenolic OH excluding ortho intramolecular Hbond substituents is 1. The highest BCUT2D eigenvalue weighted by molar-refractivity contribution is 7.92. The zero-order valence-corrected chi connectivity index (χ0v) is 15.6. The van der Waals surface area contributed by atoms with Crippen molar-refractivity contribution in [2.45, 2.75) is 0 Å². The molecule has 1 aromatic heterocycles. The molecular formula is C20H16FN3O3S. The van der Waals surface area contributed by atoms with E-state index in [9.17, 15) is 17.9 Å². The Labute approximate surface area is 160 Å². The van der Waals surface area contributed by atoms with E-state index < -0.39 is 21.6 Å². The van der Waals surface area contributed by atoms with Crippen LogP contribution in [-0.4, -0.2) is 29.6 Å². The van der Waals surface area contributed by atoms with Gasteiger partial charge in [0.05, 0.1) is 23.7 Å². The molecule has 142 valence electrons. The number of hydrogen-bond donors (Lipinski definition) is 2. The molecule has 0 aliphatic heterocycles. The molecule has 0 radical (unpaired) electrons. The van der Waals surface area contributed by atoms with Crippen LogP contribution in [0.15, 0.2) is 66.9 Å². The van der Waals surface area contributed by atoms with E-state index in [0.717, 1.165) is 23.1 Å². The molecule has 0 amide bonds. The van der Waals surface area contributed by atoms with Crippen LogP contribution in [0.1, 0.15) is 0 Å². The second kappa shape index (κ2) is 6.65. The van der Waals surface area contributed by atoms with Gasteiger partial charge in [0, 0.05) is 17.1 Å². The van der Waals surface area contributed by atoms with Crippen LogP contribution in [0.4, 0.5) is 10.1 Å². The minimum absolute atomic E-state index is 0.423. The van der Waals surface area contributed by atoms with Gasteiger partial charge in [0.15, 0.2) is 11.6 Å². The van der Waals surface area contributed by atoms with Crippen LogP contribution >= 0.6 is 0 Å². The summed E-state index contributed by atoms with van der Waals surface area (Å²) in [4.78, 5) is 0. The Morgan fingerprint density at radius 2 is 1.61 bits per heavy atom. The number of aromatic hydroxyl groups is 1. The number of phenols is 1. The lowest BCUT2D eigenvalue weighted by Gasteiger charge is -2.08. The van der Waals surface area contributed by atoms with Crippen LogP contribution < -0.4 is 4.72 Å². The number of sulfonamides is 1. The molecule has 0 fully saturated rings. The summed E-state index contributed by atoms with van der Waals surface area (Å²) in [7, 11) is -3.31. The van der Waals surface area contributed by atoms with E-state index in [1.807, 2.05) is 36.4 Å². The Morgan fingerprint density at radius 1 is 1.00 bits per heavy atom. The normalized spacial score (nSPS) is 11.6. The molecule has 4 rings (SSSR count). The van der Waals surface area contributed by atoms with Crippen molar-refractivity contribution >= 4 is 26.6 Å². The van der Waals surface area contributed by atoms with Crippen molar-refractivity contribution in [3.05, 3.63) is 72.7 Å². The Bertz CT molecular complexity index is 1260. The highest BCUT2D eigenvalue weighted by Gasteiger charge is 2.10. The van der Waals surface area contributed by atoms with E-state index in [1.165, 1.54) is 12.1 Å². The van der Waals surface area contributed by atoms with Crippen LogP contribution in [0, 0.1) is 5.82 Å². The van der Waals surface area contributed by atoms with Crippen LogP contribution in [0.2, 0.25) is 0 Å². The first kappa shape index (κ1) is 18.0. The quantitative estimate of drug-likeness (QED) is 0.547. The Morgan fingerprint density at radius 3 is 2.21 bits per heavy atom. The van der Waals surface area contributed by atoms with Gasteiger partial charge < -0.3 is 5.11 Å². The molecule has 4 aromatic rings. The van der Waals surface area contributed by atoms with Crippen molar-refractivity contribution in [1.82, 2.24) is 9.78 Å². The lowest BCUT2D eigenvalue weighted by Crippen LogP contribution is -2.09. The van der Waals surface area contributed by atoms with Crippen molar-refractivity contribution in [1.29, 1.82) is 0 Å². The topological polar surface area (TPSA) is 84.2 Å². The summed E-state index contributed by atoms with van der Waals surface area (Å²) in [5.41, 5.74) is 3.73. The molecule has 0 aliphatic carbocycles. The van der Waals surface area contributed by atoms with E-state index in [-0.39, 0.29) is 0 Å². The largest absolute Gasteiger partial charge is 0.505 e. The first-order valence-electron chi connectivity index (χ1n) is 8.35. The third kappa shape index (κ3) is 3.54. The first-order chi connectivity index (χ1) is 13.3. The standard InChI is InChI=1S/C20H16FN3O3S/c1-28(26,27)23-16-6-2-13(3-7-16)14-4-8-17(9-5-14)24-19-11-20(25)18(21)10-15(19)12-22-24/h2-12,23,25H,1H3. The minimum atomic E-state index is -3.31. The maximum atomic E-state index is 13.5. The number of anilines is 1. The maximum Gasteiger partial charge on any atom is 0.229 e. The van der Waals surface area contributed by atoms with E-state index in [1.54, 1.807) is 23.0 Å². The van der Waals surface area contributed by atoms with Gasteiger partial charge >= 0.3 is 0 Å². The summed E-state index contributed by atoms with van der Waals surface area (Å²) in [6.07, 6.45) is 2.64. The molecule has 1 heterocycles.